The van der Waals surface area contributed by atoms with Crippen molar-refractivity contribution in [1.82, 2.24) is 0 Å². The van der Waals surface area contributed by atoms with Crippen molar-refractivity contribution in [2.75, 3.05) is 7.11 Å². The number of methoxy groups -OCH3 is 1. The zero-order valence-corrected chi connectivity index (χ0v) is 12.5. The summed E-state index contributed by atoms with van der Waals surface area (Å²) in [5.74, 6) is 2.40. The number of nitrogens with two attached hydrogens (primary N) is 1. The lowest BCUT2D eigenvalue weighted by molar-refractivity contribution is 0.183. The molecule has 2 rings (SSSR count). The normalized spacial score (nSPS) is 26.7. The second-order valence-electron chi connectivity index (χ2n) is 6.14. The van der Waals surface area contributed by atoms with Gasteiger partial charge in [0.05, 0.1) is 7.11 Å². The third-order valence-electron chi connectivity index (χ3n) is 4.96. The van der Waals surface area contributed by atoms with Gasteiger partial charge in [0.2, 0.25) is 0 Å². The average molecular weight is 261 g/mol. The molecule has 1 fully saturated rings. The Morgan fingerprint density at radius 1 is 1.26 bits per heavy atom. The van der Waals surface area contributed by atoms with Crippen LogP contribution < -0.4 is 10.5 Å². The van der Waals surface area contributed by atoms with Crippen LogP contribution in [0.1, 0.15) is 51.5 Å². The average Bonchev–Trinajstić information content (AvgIpc) is 2.47. The van der Waals surface area contributed by atoms with E-state index in [0.29, 0.717) is 5.92 Å². The molecule has 0 amide bonds. The largest absolute Gasteiger partial charge is 0.497 e. The Labute approximate surface area is 117 Å². The summed E-state index contributed by atoms with van der Waals surface area (Å²) in [5.41, 5.74) is 7.63. The summed E-state index contributed by atoms with van der Waals surface area (Å²) in [7, 11) is 1.71. The maximum absolute atomic E-state index is 6.67. The van der Waals surface area contributed by atoms with E-state index in [1.54, 1.807) is 7.11 Å². The first-order chi connectivity index (χ1) is 9.07. The van der Waals surface area contributed by atoms with Gasteiger partial charge in [0.1, 0.15) is 5.75 Å². The number of benzene rings is 1. The van der Waals surface area contributed by atoms with Gasteiger partial charge in [-0.2, -0.15) is 0 Å². The van der Waals surface area contributed by atoms with Crippen molar-refractivity contribution in [3.8, 4) is 5.75 Å². The lowest BCUT2D eigenvalue weighted by Gasteiger charge is -2.39. The molecule has 0 heterocycles. The van der Waals surface area contributed by atoms with Crippen LogP contribution in [-0.2, 0) is 5.54 Å². The van der Waals surface area contributed by atoms with E-state index >= 15 is 0 Å². The van der Waals surface area contributed by atoms with Crippen molar-refractivity contribution in [1.29, 1.82) is 0 Å². The number of hydrogen-bond donors (Lipinski definition) is 1. The van der Waals surface area contributed by atoms with Gasteiger partial charge in [-0.15, -0.1) is 0 Å². The van der Waals surface area contributed by atoms with E-state index in [1.807, 2.05) is 12.1 Å². The highest BCUT2D eigenvalue weighted by Gasteiger charge is 2.34. The maximum atomic E-state index is 6.67. The summed E-state index contributed by atoms with van der Waals surface area (Å²) >= 11 is 0. The van der Waals surface area contributed by atoms with Gasteiger partial charge in [0.15, 0.2) is 0 Å². The fourth-order valence-electron chi connectivity index (χ4n) is 3.36. The van der Waals surface area contributed by atoms with Gasteiger partial charge in [-0.1, -0.05) is 38.3 Å². The Bertz CT molecular complexity index is 405. The zero-order chi connectivity index (χ0) is 13.9. The second kappa shape index (κ2) is 5.96. The minimum absolute atomic E-state index is 0.243. The first-order valence-corrected chi connectivity index (χ1v) is 7.51. The number of ether oxygens (including phenoxy) is 1. The lowest BCUT2D eigenvalue weighted by atomic mass is 9.70. The van der Waals surface area contributed by atoms with E-state index < -0.39 is 0 Å². The van der Waals surface area contributed by atoms with Gasteiger partial charge >= 0.3 is 0 Å². The van der Waals surface area contributed by atoms with E-state index in [0.717, 1.165) is 11.7 Å². The Hall–Kier alpha value is -1.02. The molecule has 1 atom stereocenters. The monoisotopic (exact) mass is 261 g/mol. The first kappa shape index (κ1) is 14.4. The minimum atomic E-state index is -0.243. The van der Waals surface area contributed by atoms with Crippen LogP contribution in [0.15, 0.2) is 24.3 Å². The number of rotatable bonds is 4. The Morgan fingerprint density at radius 2 is 1.95 bits per heavy atom. The van der Waals surface area contributed by atoms with E-state index in [1.165, 1.54) is 37.7 Å². The molecule has 0 aromatic heterocycles. The zero-order valence-electron chi connectivity index (χ0n) is 12.5. The second-order valence-corrected chi connectivity index (χ2v) is 6.14. The summed E-state index contributed by atoms with van der Waals surface area (Å²) in [6, 6.07) is 8.24. The summed E-state index contributed by atoms with van der Waals surface area (Å²) < 4.78 is 5.32. The van der Waals surface area contributed by atoms with Crippen molar-refractivity contribution in [2.45, 2.75) is 51.5 Å². The topological polar surface area (TPSA) is 35.2 Å². The Kier molecular flexibility index (Phi) is 4.51. The van der Waals surface area contributed by atoms with Gasteiger partial charge in [0.25, 0.3) is 0 Å². The van der Waals surface area contributed by atoms with Crippen molar-refractivity contribution in [3.63, 3.8) is 0 Å². The molecule has 0 spiro atoms. The standard InChI is InChI=1S/C17H27NO/c1-4-13-8-10-14(11-9-13)17(2,18)15-6-5-7-16(12-15)19-3/h5-7,12-14H,4,8-11,18H2,1-3H3. The van der Waals surface area contributed by atoms with Gasteiger partial charge in [-0.25, -0.2) is 0 Å². The SMILES string of the molecule is CCC1CCC(C(C)(N)c2cccc(OC)c2)CC1. The molecule has 0 aliphatic heterocycles. The molecule has 106 valence electrons. The van der Waals surface area contributed by atoms with Crippen molar-refractivity contribution >= 4 is 0 Å². The highest BCUT2D eigenvalue weighted by Crippen LogP contribution is 2.40. The molecule has 1 aromatic rings. The van der Waals surface area contributed by atoms with Crippen LogP contribution in [0.5, 0.6) is 5.75 Å². The molecular formula is C17H27NO. The van der Waals surface area contributed by atoms with Crippen molar-refractivity contribution < 1.29 is 4.74 Å². The van der Waals surface area contributed by atoms with Crippen LogP contribution in [0.2, 0.25) is 0 Å². The molecule has 1 aliphatic carbocycles. The highest BCUT2D eigenvalue weighted by atomic mass is 16.5. The van der Waals surface area contributed by atoms with E-state index in [4.69, 9.17) is 10.5 Å². The molecule has 19 heavy (non-hydrogen) atoms. The Morgan fingerprint density at radius 3 is 2.53 bits per heavy atom. The quantitative estimate of drug-likeness (QED) is 0.886. The summed E-state index contributed by atoms with van der Waals surface area (Å²) in [5, 5.41) is 0. The Balaban J connectivity index is 2.13. The van der Waals surface area contributed by atoms with Crippen molar-refractivity contribution in [3.05, 3.63) is 29.8 Å². The molecule has 2 N–H and O–H groups in total. The molecule has 1 saturated carbocycles. The van der Waals surface area contributed by atoms with E-state index in [9.17, 15) is 0 Å². The van der Waals surface area contributed by atoms with Crippen LogP contribution in [0.3, 0.4) is 0 Å². The predicted molar refractivity (Wildman–Crippen MR) is 80.3 cm³/mol. The molecule has 1 unspecified atom stereocenters. The third-order valence-corrected chi connectivity index (χ3v) is 4.96. The molecular weight excluding hydrogens is 234 g/mol. The molecule has 2 heteroatoms. The summed E-state index contributed by atoms with van der Waals surface area (Å²) in [6.07, 6.45) is 6.48. The van der Waals surface area contributed by atoms with Crippen LogP contribution in [0.25, 0.3) is 0 Å². The van der Waals surface area contributed by atoms with Gasteiger partial charge in [-0.3, -0.25) is 0 Å². The first-order valence-electron chi connectivity index (χ1n) is 7.51. The smallest absolute Gasteiger partial charge is 0.119 e. The lowest BCUT2D eigenvalue weighted by Crippen LogP contribution is -2.42. The molecule has 0 bridgehead atoms. The van der Waals surface area contributed by atoms with Gasteiger partial charge in [-0.05, 0) is 49.3 Å². The van der Waals surface area contributed by atoms with Crippen molar-refractivity contribution in [2.24, 2.45) is 17.6 Å². The fraction of sp³-hybridized carbons (Fsp3) is 0.647. The maximum Gasteiger partial charge on any atom is 0.119 e. The third kappa shape index (κ3) is 3.11. The molecule has 0 radical (unpaired) electrons. The van der Waals surface area contributed by atoms with Crippen LogP contribution in [0, 0.1) is 11.8 Å². The van der Waals surface area contributed by atoms with Crippen LogP contribution in [-0.4, -0.2) is 7.11 Å². The van der Waals surface area contributed by atoms with E-state index in [-0.39, 0.29) is 5.54 Å². The van der Waals surface area contributed by atoms with E-state index in [2.05, 4.69) is 26.0 Å². The minimum Gasteiger partial charge on any atom is -0.497 e. The van der Waals surface area contributed by atoms with Crippen LogP contribution >= 0.6 is 0 Å². The highest BCUT2D eigenvalue weighted by molar-refractivity contribution is 5.33. The molecule has 0 saturated heterocycles. The molecule has 1 aliphatic rings. The predicted octanol–water partition coefficient (Wildman–Crippen LogP) is 4.09. The van der Waals surface area contributed by atoms with Gasteiger partial charge in [0, 0.05) is 5.54 Å². The summed E-state index contributed by atoms with van der Waals surface area (Å²) in [6.45, 7) is 4.48. The molecule has 2 nitrogen and oxygen atoms in total. The van der Waals surface area contributed by atoms with Gasteiger partial charge < -0.3 is 10.5 Å². The molecule has 1 aromatic carbocycles. The van der Waals surface area contributed by atoms with Crippen LogP contribution in [0.4, 0.5) is 0 Å². The fourth-order valence-corrected chi connectivity index (χ4v) is 3.36. The number of hydrogen-bond acceptors (Lipinski definition) is 2. The summed E-state index contributed by atoms with van der Waals surface area (Å²) in [4.78, 5) is 0.